The van der Waals surface area contributed by atoms with Gasteiger partial charge < -0.3 is 0 Å². The van der Waals surface area contributed by atoms with Gasteiger partial charge in [0.2, 0.25) is 0 Å². The van der Waals surface area contributed by atoms with Gasteiger partial charge in [-0.2, -0.15) is 14.3 Å². The third-order valence-electron chi connectivity index (χ3n) is 2.90. The van der Waals surface area contributed by atoms with Gasteiger partial charge in [-0.25, -0.2) is 4.79 Å². The van der Waals surface area contributed by atoms with Crippen LogP contribution in [-0.4, -0.2) is 45.0 Å². The third-order valence-corrected chi connectivity index (χ3v) is 3.47. The summed E-state index contributed by atoms with van der Waals surface area (Å²) in [5.41, 5.74) is 1.23. The van der Waals surface area contributed by atoms with E-state index in [1.807, 2.05) is 12.2 Å². The van der Waals surface area contributed by atoms with E-state index in [-0.39, 0.29) is 16.8 Å². The normalized spacial score (nSPS) is 23.1. The number of hydrogen-bond donors (Lipinski definition) is 0. The van der Waals surface area contributed by atoms with Gasteiger partial charge in [0.05, 0.1) is 11.4 Å². The van der Waals surface area contributed by atoms with E-state index in [9.17, 15) is 9.59 Å². The van der Waals surface area contributed by atoms with Crippen LogP contribution in [0, 0.1) is 0 Å². The van der Waals surface area contributed by atoms with Crippen molar-refractivity contribution in [1.82, 2.24) is 4.90 Å². The first-order valence-electron chi connectivity index (χ1n) is 5.75. The van der Waals surface area contributed by atoms with Gasteiger partial charge in [-0.1, -0.05) is 34.7 Å². The van der Waals surface area contributed by atoms with Crippen molar-refractivity contribution in [2.75, 3.05) is 13.1 Å². The molecule has 0 aromatic carbocycles. The van der Waals surface area contributed by atoms with Crippen molar-refractivity contribution in [1.29, 1.82) is 0 Å². The first-order chi connectivity index (χ1) is 8.60. The second-order valence-electron chi connectivity index (χ2n) is 4.00. The molecule has 18 heavy (non-hydrogen) atoms. The van der Waals surface area contributed by atoms with Crippen molar-refractivity contribution in [2.24, 2.45) is 0 Å². The lowest BCUT2D eigenvalue weighted by Gasteiger charge is -2.23. The Morgan fingerprint density at radius 2 is 2.28 bits per heavy atom. The maximum atomic E-state index is 12.2. The van der Waals surface area contributed by atoms with E-state index >= 15 is 0 Å². The van der Waals surface area contributed by atoms with Crippen LogP contribution in [0.15, 0.2) is 36.5 Å². The highest BCUT2D eigenvalue weighted by Crippen LogP contribution is 2.21. The van der Waals surface area contributed by atoms with Gasteiger partial charge in [-0.05, 0) is 19.1 Å². The fraction of sp³-hybridized carbons (Fsp3) is 0.308. The summed E-state index contributed by atoms with van der Waals surface area (Å²) in [6.07, 6.45) is 7.18. The molecule has 0 saturated heterocycles. The van der Waals surface area contributed by atoms with Crippen LogP contribution in [-0.2, 0) is 4.79 Å². The minimum atomic E-state index is -0.285. The number of likely N-dealkylation sites (N-methyl/N-ethyl adjacent to an activating group) is 1. The van der Waals surface area contributed by atoms with Gasteiger partial charge in [-0.3, -0.25) is 0 Å². The van der Waals surface area contributed by atoms with E-state index in [0.29, 0.717) is 24.4 Å². The lowest BCUT2D eigenvalue weighted by molar-refractivity contribution is -0.424. The van der Waals surface area contributed by atoms with Gasteiger partial charge in [-0.15, -0.1) is 0 Å². The molecule has 1 unspecified atom stereocenters. The van der Waals surface area contributed by atoms with Gasteiger partial charge in [0.15, 0.2) is 0 Å². The molecule has 2 aliphatic rings. The molecule has 0 N–H and O–H groups in total. The van der Waals surface area contributed by atoms with Gasteiger partial charge in [0, 0.05) is 0 Å². The topological polar surface area (TPSA) is 40.4 Å². The number of urea groups is 1. The zero-order valence-corrected chi connectivity index (χ0v) is 11.7. The molecule has 1 aliphatic carbocycles. The van der Waals surface area contributed by atoms with E-state index < -0.39 is 0 Å². The van der Waals surface area contributed by atoms with Crippen LogP contribution in [0.2, 0.25) is 0 Å². The monoisotopic (exact) mass is 309 g/mol. The van der Waals surface area contributed by atoms with Crippen LogP contribution >= 0.6 is 15.9 Å². The average Bonchev–Trinajstić information content (AvgIpc) is 2.35. The molecule has 0 aromatic rings. The Bertz CT molecular complexity index is 517. The van der Waals surface area contributed by atoms with Crippen molar-refractivity contribution < 1.29 is 14.2 Å². The van der Waals surface area contributed by atoms with Gasteiger partial charge in [0.1, 0.15) is 17.8 Å². The number of rotatable bonds is 3. The zero-order chi connectivity index (χ0) is 13.3. The first kappa shape index (κ1) is 13.0. The number of carbonyl (C=O) groups is 2. The van der Waals surface area contributed by atoms with E-state index in [4.69, 9.17) is 0 Å². The van der Waals surface area contributed by atoms with Crippen molar-refractivity contribution in [3.05, 3.63) is 36.5 Å². The molecule has 94 valence electrons. The molecule has 1 heterocycles. The summed E-state index contributed by atoms with van der Waals surface area (Å²) in [7, 11) is 0. The number of halogens is 1. The number of alkyl halides is 1. The molecular formula is C13H14BrN2O2+. The van der Waals surface area contributed by atoms with E-state index in [1.165, 1.54) is 4.90 Å². The Morgan fingerprint density at radius 3 is 2.89 bits per heavy atom. The molecule has 2 rings (SSSR count). The molecule has 0 spiro atoms. The lowest BCUT2D eigenvalue weighted by atomic mass is 10.00. The number of nitrogens with zero attached hydrogens (tertiary/aromatic N) is 2. The SMILES string of the molecule is C=CC[N+]1=C2C=CC(Br)C=C2C(=O)N(CC)C1=O. The fourth-order valence-corrected chi connectivity index (χ4v) is 2.47. The number of carbonyl (C=O) groups excluding carboxylic acids is 2. The highest BCUT2D eigenvalue weighted by atomic mass is 79.9. The smallest absolute Gasteiger partial charge is 0.240 e. The van der Waals surface area contributed by atoms with Crippen LogP contribution in [0.4, 0.5) is 4.79 Å². The largest absolute Gasteiger partial charge is 0.501 e. The Hall–Kier alpha value is -1.49. The van der Waals surface area contributed by atoms with Crippen molar-refractivity contribution in [3.8, 4) is 0 Å². The van der Waals surface area contributed by atoms with Crippen LogP contribution in [0.25, 0.3) is 0 Å². The summed E-state index contributed by atoms with van der Waals surface area (Å²) in [5.74, 6) is -0.230. The summed E-state index contributed by atoms with van der Waals surface area (Å²) in [6.45, 7) is 6.20. The van der Waals surface area contributed by atoms with Crippen LogP contribution in [0.1, 0.15) is 6.92 Å². The van der Waals surface area contributed by atoms with Crippen molar-refractivity contribution in [3.63, 3.8) is 0 Å². The molecule has 0 saturated carbocycles. The summed E-state index contributed by atoms with van der Waals surface area (Å²) < 4.78 is 1.57. The molecule has 4 nitrogen and oxygen atoms in total. The van der Waals surface area contributed by atoms with Crippen LogP contribution in [0.3, 0.4) is 0 Å². The van der Waals surface area contributed by atoms with E-state index in [1.54, 1.807) is 23.7 Å². The Labute approximate surface area is 114 Å². The molecule has 5 heteroatoms. The van der Waals surface area contributed by atoms with Crippen molar-refractivity contribution >= 4 is 33.6 Å². The van der Waals surface area contributed by atoms with Crippen molar-refractivity contribution in [2.45, 2.75) is 11.8 Å². The molecule has 1 atom stereocenters. The second-order valence-corrected chi connectivity index (χ2v) is 5.06. The summed E-state index contributed by atoms with van der Waals surface area (Å²) in [5, 5.41) is 0. The Kier molecular flexibility index (Phi) is 3.61. The number of amides is 3. The summed E-state index contributed by atoms with van der Waals surface area (Å²) in [4.78, 5) is 25.7. The van der Waals surface area contributed by atoms with E-state index in [2.05, 4.69) is 22.5 Å². The average molecular weight is 310 g/mol. The first-order valence-corrected chi connectivity index (χ1v) is 6.67. The molecule has 3 amide bonds. The molecule has 0 aromatic heterocycles. The fourth-order valence-electron chi connectivity index (χ4n) is 2.05. The molecule has 1 aliphatic heterocycles. The minimum absolute atomic E-state index is 0.0256. The highest BCUT2D eigenvalue weighted by Gasteiger charge is 2.43. The minimum Gasteiger partial charge on any atom is -0.240 e. The molecule has 0 fully saturated rings. The second kappa shape index (κ2) is 5.02. The number of allylic oxidation sites excluding steroid dienone is 3. The third kappa shape index (κ3) is 1.99. The predicted octanol–water partition coefficient (Wildman–Crippen LogP) is 1.87. The number of hydrogen-bond acceptors (Lipinski definition) is 2. The summed E-state index contributed by atoms with van der Waals surface area (Å²) in [6, 6.07) is -0.285. The van der Waals surface area contributed by atoms with E-state index in [0.717, 1.165) is 0 Å². The Balaban J connectivity index is 2.59. The Morgan fingerprint density at radius 1 is 1.56 bits per heavy atom. The maximum Gasteiger partial charge on any atom is 0.501 e. The van der Waals surface area contributed by atoms with Gasteiger partial charge >= 0.3 is 11.9 Å². The quantitative estimate of drug-likeness (QED) is 0.453. The number of fused-ring (bicyclic) bond motifs is 1. The highest BCUT2D eigenvalue weighted by molar-refractivity contribution is 9.09. The van der Waals surface area contributed by atoms with Crippen LogP contribution in [0.5, 0.6) is 0 Å². The predicted molar refractivity (Wildman–Crippen MR) is 73.1 cm³/mol. The maximum absolute atomic E-state index is 12.2. The zero-order valence-electron chi connectivity index (χ0n) is 10.1. The summed E-state index contributed by atoms with van der Waals surface area (Å²) >= 11 is 3.42. The number of imide groups is 1. The van der Waals surface area contributed by atoms with Gasteiger partial charge in [0.25, 0.3) is 0 Å². The molecule has 0 radical (unpaired) electrons. The molecule has 0 bridgehead atoms. The lowest BCUT2D eigenvalue weighted by Crippen LogP contribution is -2.51. The standard InChI is InChI=1S/C13H14BrN2O2/c1-3-7-16-11-6-5-9(14)8-10(11)12(17)15(4-2)13(16)18/h3,5-6,8-9H,1,4,7H2,2H3/q+1. The molecular weight excluding hydrogens is 296 g/mol. The van der Waals surface area contributed by atoms with Crippen LogP contribution < -0.4 is 0 Å².